The molecule has 34 heavy (non-hydrogen) atoms. The van der Waals surface area contributed by atoms with Crippen LogP contribution in [0.4, 0.5) is 10.5 Å². The summed E-state index contributed by atoms with van der Waals surface area (Å²) in [5.74, 6) is 0.346. The second-order valence-electron chi connectivity index (χ2n) is 9.10. The third-order valence-corrected chi connectivity index (χ3v) is 7.50. The first-order valence-electron chi connectivity index (χ1n) is 11.3. The van der Waals surface area contributed by atoms with Gasteiger partial charge in [-0.15, -0.1) is 0 Å². The van der Waals surface area contributed by atoms with Crippen molar-refractivity contribution < 1.29 is 14.3 Å². The van der Waals surface area contributed by atoms with Crippen molar-refractivity contribution in [3.8, 4) is 5.75 Å². The Morgan fingerprint density at radius 1 is 1.18 bits per heavy atom. The summed E-state index contributed by atoms with van der Waals surface area (Å²) in [4.78, 5) is 29.8. The van der Waals surface area contributed by atoms with Crippen LogP contribution in [0.2, 0.25) is 5.02 Å². The second kappa shape index (κ2) is 9.51. The molecule has 2 aromatic rings. The molecule has 2 aliphatic heterocycles. The molecule has 0 bridgehead atoms. The molecule has 7 heteroatoms. The van der Waals surface area contributed by atoms with E-state index in [2.05, 4.69) is 44.7 Å². The molecule has 2 amide bonds. The molecule has 0 N–H and O–H groups in total. The fraction of sp³-hybridized carbons (Fsp3) is 0.333. The summed E-state index contributed by atoms with van der Waals surface area (Å²) < 4.78 is 5.72. The van der Waals surface area contributed by atoms with Crippen LogP contribution in [0, 0.1) is 0 Å². The Hall–Kier alpha value is -2.70. The van der Waals surface area contributed by atoms with Crippen LogP contribution in [0.25, 0.3) is 11.6 Å². The highest BCUT2D eigenvalue weighted by molar-refractivity contribution is 8.18. The maximum absolute atomic E-state index is 13.1. The number of methoxy groups -OCH3 is 1. The molecule has 5 nitrogen and oxygen atoms in total. The first-order chi connectivity index (χ1) is 16.2. The first kappa shape index (κ1) is 24.4. The van der Waals surface area contributed by atoms with Crippen LogP contribution in [-0.4, -0.2) is 35.2 Å². The van der Waals surface area contributed by atoms with Gasteiger partial charge in [0.1, 0.15) is 5.75 Å². The molecule has 1 fully saturated rings. The van der Waals surface area contributed by atoms with Crippen molar-refractivity contribution in [1.82, 2.24) is 4.90 Å². The van der Waals surface area contributed by atoms with Crippen molar-refractivity contribution in [2.45, 2.75) is 46.2 Å². The van der Waals surface area contributed by atoms with Gasteiger partial charge < -0.3 is 9.64 Å². The van der Waals surface area contributed by atoms with E-state index < -0.39 is 0 Å². The number of imide groups is 1. The number of ether oxygens (including phenoxy) is 1. The number of hydrogen-bond acceptors (Lipinski definition) is 5. The highest BCUT2D eigenvalue weighted by Crippen LogP contribution is 2.44. The summed E-state index contributed by atoms with van der Waals surface area (Å²) in [6.07, 6.45) is 5.06. The Balaban J connectivity index is 1.71. The number of amides is 2. The van der Waals surface area contributed by atoms with Crippen LogP contribution in [0.3, 0.4) is 0 Å². The average Bonchev–Trinajstić information content (AvgIpc) is 3.05. The standard InChI is InChI=1S/C27H29ClN2O3S/c1-6-11-30-22-14-23(33-5)19(12-20(22)17(2)15-27(30,3)4)13-24-25(31)29(26(32)34-24)16-18-9-7-8-10-21(18)28/h7-10,12-15H,6,11,16H2,1-5H3/b24-13+. The van der Waals surface area contributed by atoms with Gasteiger partial charge in [-0.25, -0.2) is 0 Å². The zero-order valence-electron chi connectivity index (χ0n) is 20.1. The summed E-state index contributed by atoms with van der Waals surface area (Å²) in [6.45, 7) is 9.77. The van der Waals surface area contributed by atoms with Crippen LogP contribution in [0.5, 0.6) is 5.75 Å². The van der Waals surface area contributed by atoms with Crippen LogP contribution >= 0.6 is 23.4 Å². The largest absolute Gasteiger partial charge is 0.496 e. The predicted molar refractivity (Wildman–Crippen MR) is 141 cm³/mol. The minimum Gasteiger partial charge on any atom is -0.496 e. The van der Waals surface area contributed by atoms with Crippen molar-refractivity contribution >= 4 is 51.8 Å². The minimum absolute atomic E-state index is 0.110. The summed E-state index contributed by atoms with van der Waals surface area (Å²) in [5.41, 5.74) is 4.80. The van der Waals surface area contributed by atoms with Crippen molar-refractivity contribution in [2.24, 2.45) is 0 Å². The maximum Gasteiger partial charge on any atom is 0.293 e. The quantitative estimate of drug-likeness (QED) is 0.403. The highest BCUT2D eigenvalue weighted by atomic mass is 35.5. The first-order valence-corrected chi connectivity index (χ1v) is 12.5. The van der Waals surface area contributed by atoms with Gasteiger partial charge >= 0.3 is 0 Å². The van der Waals surface area contributed by atoms with E-state index in [1.807, 2.05) is 24.3 Å². The van der Waals surface area contributed by atoms with Gasteiger partial charge in [0.2, 0.25) is 0 Å². The topological polar surface area (TPSA) is 49.9 Å². The summed E-state index contributed by atoms with van der Waals surface area (Å²) in [6, 6.07) is 11.3. The third-order valence-electron chi connectivity index (χ3n) is 6.22. The SMILES string of the molecule is CCCN1c2cc(OC)c(/C=C3/SC(=O)N(Cc4ccccc4Cl)C3=O)cc2C(C)=CC1(C)C. The molecule has 178 valence electrons. The Morgan fingerprint density at radius 2 is 1.91 bits per heavy atom. The molecule has 2 aromatic carbocycles. The normalized spacial score (nSPS) is 18.4. The van der Waals surface area contributed by atoms with Crippen molar-refractivity contribution in [2.75, 3.05) is 18.6 Å². The summed E-state index contributed by atoms with van der Waals surface area (Å²) in [5, 5.41) is 0.226. The number of rotatable bonds is 6. The van der Waals surface area contributed by atoms with Gasteiger partial charge in [-0.1, -0.05) is 42.8 Å². The van der Waals surface area contributed by atoms with E-state index in [0.29, 0.717) is 15.7 Å². The number of hydrogen-bond donors (Lipinski definition) is 0. The number of benzene rings is 2. The summed E-state index contributed by atoms with van der Waals surface area (Å²) in [7, 11) is 1.63. The van der Waals surface area contributed by atoms with E-state index in [1.165, 1.54) is 10.5 Å². The molecule has 0 unspecified atom stereocenters. The van der Waals surface area contributed by atoms with Gasteiger partial charge in [0, 0.05) is 34.4 Å². The fourth-order valence-corrected chi connectivity index (χ4v) is 5.64. The molecule has 2 heterocycles. The monoisotopic (exact) mass is 496 g/mol. The highest BCUT2D eigenvalue weighted by Gasteiger charge is 2.36. The molecular formula is C27H29ClN2O3S. The van der Waals surface area contributed by atoms with Gasteiger partial charge in [0.05, 0.1) is 24.1 Å². The molecule has 2 aliphatic rings. The number of halogens is 1. The zero-order valence-corrected chi connectivity index (χ0v) is 21.7. The number of anilines is 1. The van der Waals surface area contributed by atoms with E-state index in [0.717, 1.165) is 47.1 Å². The molecule has 0 saturated carbocycles. The van der Waals surface area contributed by atoms with Gasteiger partial charge in [0.15, 0.2) is 0 Å². The van der Waals surface area contributed by atoms with Crippen molar-refractivity contribution in [1.29, 1.82) is 0 Å². The Bertz CT molecular complexity index is 1220. The van der Waals surface area contributed by atoms with E-state index in [-0.39, 0.29) is 23.2 Å². The molecular weight excluding hydrogens is 468 g/mol. The lowest BCUT2D eigenvalue weighted by Gasteiger charge is -2.43. The number of carbonyl (C=O) groups is 2. The van der Waals surface area contributed by atoms with E-state index >= 15 is 0 Å². The van der Waals surface area contributed by atoms with Gasteiger partial charge in [-0.05, 0) is 68.3 Å². The summed E-state index contributed by atoms with van der Waals surface area (Å²) >= 11 is 7.19. The molecule has 4 rings (SSSR count). The molecule has 0 spiro atoms. The Labute approximate surface area is 210 Å². The van der Waals surface area contributed by atoms with Crippen molar-refractivity contribution in [3.63, 3.8) is 0 Å². The van der Waals surface area contributed by atoms with Crippen LogP contribution in [-0.2, 0) is 11.3 Å². The maximum atomic E-state index is 13.1. The molecule has 0 aliphatic carbocycles. The molecule has 1 saturated heterocycles. The van der Waals surface area contributed by atoms with Crippen LogP contribution < -0.4 is 9.64 Å². The van der Waals surface area contributed by atoms with E-state index in [9.17, 15) is 9.59 Å². The van der Waals surface area contributed by atoms with Crippen LogP contribution in [0.1, 0.15) is 50.8 Å². The number of thioether (sulfide) groups is 1. The van der Waals surface area contributed by atoms with Crippen molar-refractivity contribution in [3.05, 3.63) is 69.1 Å². The lowest BCUT2D eigenvalue weighted by molar-refractivity contribution is -0.123. The number of fused-ring (bicyclic) bond motifs is 1. The Kier molecular flexibility index (Phi) is 6.83. The lowest BCUT2D eigenvalue weighted by atomic mass is 9.87. The second-order valence-corrected chi connectivity index (χ2v) is 10.5. The third kappa shape index (κ3) is 4.49. The number of carbonyl (C=O) groups excluding carboxylic acids is 2. The van der Waals surface area contributed by atoms with E-state index in [4.69, 9.17) is 16.3 Å². The van der Waals surface area contributed by atoms with Gasteiger partial charge in [0.25, 0.3) is 11.1 Å². The lowest BCUT2D eigenvalue weighted by Crippen LogP contribution is -2.45. The number of nitrogens with zero attached hydrogens (tertiary/aromatic N) is 2. The zero-order chi connectivity index (χ0) is 24.6. The predicted octanol–water partition coefficient (Wildman–Crippen LogP) is 7.00. The Morgan fingerprint density at radius 3 is 2.59 bits per heavy atom. The molecule has 0 atom stereocenters. The van der Waals surface area contributed by atoms with Gasteiger partial charge in [-0.2, -0.15) is 0 Å². The smallest absolute Gasteiger partial charge is 0.293 e. The minimum atomic E-state index is -0.323. The van der Waals surface area contributed by atoms with E-state index in [1.54, 1.807) is 19.3 Å². The average molecular weight is 497 g/mol. The fourth-order valence-electron chi connectivity index (χ4n) is 4.62. The number of allylic oxidation sites excluding steroid dienone is 1. The van der Waals surface area contributed by atoms with Crippen LogP contribution in [0.15, 0.2) is 47.4 Å². The molecule has 0 radical (unpaired) electrons. The van der Waals surface area contributed by atoms with Gasteiger partial charge in [-0.3, -0.25) is 14.5 Å². The molecule has 0 aromatic heterocycles.